The first-order valence-electron chi connectivity index (χ1n) is 13.3. The molecule has 0 saturated carbocycles. The molecule has 0 aliphatic carbocycles. The van der Waals surface area contributed by atoms with Crippen LogP contribution in [0.5, 0.6) is 0 Å². The number of hydrogen-bond acceptors (Lipinski definition) is 6. The number of nitrogen functional groups attached to an aromatic ring is 1. The Hall–Kier alpha value is -3.43. The summed E-state index contributed by atoms with van der Waals surface area (Å²) in [6.07, 6.45) is 1.90. The largest absolute Gasteiger partial charge is 0.399 e. The number of H-pyrrole nitrogens is 1. The number of piperidine rings is 1. The third kappa shape index (κ3) is 5.13. The SMILES string of the molecule is Nc1cccc(C2OC(CN3CCC(n4c(=O)[nH]c5ccccc54)CC3)CC(c3ccc(CO)cc3)O2)c1. The summed E-state index contributed by atoms with van der Waals surface area (Å²) in [5.74, 6) is 0. The third-order valence-electron chi connectivity index (χ3n) is 7.81. The van der Waals surface area contributed by atoms with E-state index in [0.717, 1.165) is 66.6 Å². The lowest BCUT2D eigenvalue weighted by Gasteiger charge is -2.40. The number of nitrogens with one attached hydrogen (secondary N) is 1. The number of aromatic nitrogens is 2. The van der Waals surface area contributed by atoms with E-state index in [-0.39, 0.29) is 30.5 Å². The molecule has 8 heteroatoms. The van der Waals surface area contributed by atoms with Gasteiger partial charge in [0.15, 0.2) is 6.29 Å². The van der Waals surface area contributed by atoms with Gasteiger partial charge >= 0.3 is 5.69 Å². The Balaban J connectivity index is 1.16. The van der Waals surface area contributed by atoms with Gasteiger partial charge in [0, 0.05) is 43.3 Å². The summed E-state index contributed by atoms with van der Waals surface area (Å²) in [5.41, 5.74) is 11.4. The minimum absolute atomic E-state index is 0.0179. The Labute approximate surface area is 221 Å². The average Bonchev–Trinajstić information content (AvgIpc) is 3.29. The van der Waals surface area contributed by atoms with Gasteiger partial charge in [-0.25, -0.2) is 4.79 Å². The zero-order valence-electron chi connectivity index (χ0n) is 21.3. The molecule has 1 aromatic heterocycles. The van der Waals surface area contributed by atoms with Crippen molar-refractivity contribution in [3.8, 4) is 0 Å². The van der Waals surface area contributed by atoms with Gasteiger partial charge in [-0.05, 0) is 48.2 Å². The highest BCUT2D eigenvalue weighted by atomic mass is 16.7. The van der Waals surface area contributed by atoms with Crippen molar-refractivity contribution in [2.75, 3.05) is 25.4 Å². The number of likely N-dealkylation sites (tertiary alicyclic amines) is 1. The van der Waals surface area contributed by atoms with Gasteiger partial charge in [0.2, 0.25) is 0 Å². The van der Waals surface area contributed by atoms with E-state index < -0.39 is 6.29 Å². The monoisotopic (exact) mass is 514 g/mol. The predicted molar refractivity (Wildman–Crippen MR) is 147 cm³/mol. The van der Waals surface area contributed by atoms with E-state index in [1.54, 1.807) is 0 Å². The molecular weight excluding hydrogens is 480 g/mol. The van der Waals surface area contributed by atoms with Crippen LogP contribution in [0.2, 0.25) is 0 Å². The molecule has 3 atom stereocenters. The smallest absolute Gasteiger partial charge is 0.326 e. The molecule has 38 heavy (non-hydrogen) atoms. The molecule has 2 saturated heterocycles. The normalized spacial score (nSPS) is 23.1. The van der Waals surface area contributed by atoms with Crippen LogP contribution in [-0.4, -0.2) is 45.3 Å². The molecule has 3 heterocycles. The maximum absolute atomic E-state index is 12.7. The van der Waals surface area contributed by atoms with Gasteiger partial charge in [-0.15, -0.1) is 0 Å². The summed E-state index contributed by atoms with van der Waals surface area (Å²) in [4.78, 5) is 18.1. The van der Waals surface area contributed by atoms with Crippen LogP contribution in [-0.2, 0) is 16.1 Å². The molecule has 0 spiro atoms. The number of aliphatic hydroxyl groups is 1. The Kier molecular flexibility index (Phi) is 7.04. The van der Waals surface area contributed by atoms with Crippen molar-refractivity contribution in [3.63, 3.8) is 0 Å². The first-order chi connectivity index (χ1) is 18.6. The zero-order chi connectivity index (χ0) is 26.1. The fraction of sp³-hybridized carbons (Fsp3) is 0.367. The zero-order valence-corrected chi connectivity index (χ0v) is 21.3. The van der Waals surface area contributed by atoms with Gasteiger partial charge in [0.05, 0.1) is 29.8 Å². The summed E-state index contributed by atoms with van der Waals surface area (Å²) in [6, 6.07) is 23.7. The molecular formula is C30H34N4O4. The lowest BCUT2D eigenvalue weighted by atomic mass is 9.98. The number of aliphatic hydroxyl groups excluding tert-OH is 1. The minimum Gasteiger partial charge on any atom is -0.399 e. The van der Waals surface area contributed by atoms with Crippen molar-refractivity contribution in [1.29, 1.82) is 0 Å². The number of rotatable bonds is 6. The first-order valence-corrected chi connectivity index (χ1v) is 13.3. The second-order valence-electron chi connectivity index (χ2n) is 10.4. The van der Waals surface area contributed by atoms with E-state index in [1.807, 2.05) is 77.4 Å². The van der Waals surface area contributed by atoms with Crippen LogP contribution in [0.25, 0.3) is 11.0 Å². The number of nitrogens with two attached hydrogens (primary N) is 1. The van der Waals surface area contributed by atoms with Gasteiger partial charge in [-0.2, -0.15) is 0 Å². The number of aromatic amines is 1. The Morgan fingerprint density at radius 3 is 2.50 bits per heavy atom. The number of nitrogens with zero attached hydrogens (tertiary/aromatic N) is 2. The van der Waals surface area contributed by atoms with Gasteiger partial charge in [0.1, 0.15) is 0 Å². The van der Waals surface area contributed by atoms with Crippen molar-refractivity contribution in [2.24, 2.45) is 0 Å². The molecule has 6 rings (SSSR count). The molecule has 4 aromatic rings. The quantitative estimate of drug-likeness (QED) is 0.332. The van der Waals surface area contributed by atoms with E-state index in [0.29, 0.717) is 5.69 Å². The number of para-hydroxylation sites is 2. The maximum atomic E-state index is 12.7. The van der Waals surface area contributed by atoms with Crippen molar-refractivity contribution < 1.29 is 14.6 Å². The molecule has 8 nitrogen and oxygen atoms in total. The summed E-state index contributed by atoms with van der Waals surface area (Å²) in [7, 11) is 0. The lowest BCUT2D eigenvalue weighted by Crippen LogP contribution is -2.43. The van der Waals surface area contributed by atoms with Crippen molar-refractivity contribution in [1.82, 2.24) is 14.5 Å². The first kappa shape index (κ1) is 24.9. The summed E-state index contributed by atoms with van der Waals surface area (Å²) < 4.78 is 14.8. The molecule has 0 radical (unpaired) electrons. The van der Waals surface area contributed by atoms with Crippen molar-refractivity contribution in [2.45, 2.75) is 50.4 Å². The Morgan fingerprint density at radius 1 is 0.947 bits per heavy atom. The van der Waals surface area contributed by atoms with Crippen LogP contribution in [0.3, 0.4) is 0 Å². The summed E-state index contributed by atoms with van der Waals surface area (Å²) in [5, 5.41) is 9.44. The molecule has 4 N–H and O–H groups in total. The van der Waals surface area contributed by atoms with Gasteiger partial charge in [-0.1, -0.05) is 48.5 Å². The number of fused-ring (bicyclic) bond motifs is 1. The fourth-order valence-electron chi connectivity index (χ4n) is 5.82. The van der Waals surface area contributed by atoms with E-state index in [4.69, 9.17) is 15.2 Å². The standard InChI is InChI=1S/C30H34N4O4/c31-23-5-3-4-22(16-23)29-37-25(17-28(38-29)21-10-8-20(19-35)9-11-21)18-33-14-12-24(13-15-33)34-27-7-2-1-6-26(27)32-30(34)36/h1-11,16,24-25,28-29,35H,12-15,17-19,31H2,(H,32,36). The second-order valence-corrected chi connectivity index (χ2v) is 10.4. The van der Waals surface area contributed by atoms with E-state index in [2.05, 4.69) is 9.88 Å². The van der Waals surface area contributed by atoms with Crippen LogP contribution in [0, 0.1) is 0 Å². The molecule has 198 valence electrons. The predicted octanol–water partition coefficient (Wildman–Crippen LogP) is 4.29. The van der Waals surface area contributed by atoms with Crippen LogP contribution in [0.1, 0.15) is 54.4 Å². The molecule has 0 bridgehead atoms. The van der Waals surface area contributed by atoms with Gasteiger partial charge in [0.25, 0.3) is 0 Å². The molecule has 2 aliphatic heterocycles. The number of anilines is 1. The fourth-order valence-corrected chi connectivity index (χ4v) is 5.82. The average molecular weight is 515 g/mol. The molecule has 0 amide bonds. The molecule has 3 aromatic carbocycles. The Morgan fingerprint density at radius 2 is 1.74 bits per heavy atom. The summed E-state index contributed by atoms with van der Waals surface area (Å²) >= 11 is 0. The van der Waals surface area contributed by atoms with Crippen LogP contribution >= 0.6 is 0 Å². The van der Waals surface area contributed by atoms with E-state index in [1.165, 1.54) is 0 Å². The topological polar surface area (TPSA) is 106 Å². The number of ether oxygens (including phenoxy) is 2. The van der Waals surface area contributed by atoms with E-state index >= 15 is 0 Å². The van der Waals surface area contributed by atoms with Crippen LogP contribution in [0.15, 0.2) is 77.6 Å². The third-order valence-corrected chi connectivity index (χ3v) is 7.81. The van der Waals surface area contributed by atoms with Crippen molar-refractivity contribution in [3.05, 3.63) is 100.0 Å². The van der Waals surface area contributed by atoms with E-state index in [9.17, 15) is 9.90 Å². The highest BCUT2D eigenvalue weighted by Gasteiger charge is 2.34. The lowest BCUT2D eigenvalue weighted by molar-refractivity contribution is -0.253. The number of imidazole rings is 1. The van der Waals surface area contributed by atoms with Gasteiger partial charge in [-0.3, -0.25) is 4.57 Å². The molecule has 2 fully saturated rings. The van der Waals surface area contributed by atoms with Gasteiger partial charge < -0.3 is 30.2 Å². The second kappa shape index (κ2) is 10.7. The highest BCUT2D eigenvalue weighted by molar-refractivity contribution is 5.75. The maximum Gasteiger partial charge on any atom is 0.326 e. The number of hydrogen-bond donors (Lipinski definition) is 3. The Bertz CT molecular complexity index is 1440. The van der Waals surface area contributed by atoms with Crippen LogP contribution in [0.4, 0.5) is 5.69 Å². The summed E-state index contributed by atoms with van der Waals surface area (Å²) in [6.45, 7) is 2.61. The number of benzene rings is 3. The molecule has 2 aliphatic rings. The molecule has 3 unspecified atom stereocenters. The van der Waals surface area contributed by atoms with Crippen LogP contribution < -0.4 is 11.4 Å². The highest BCUT2D eigenvalue weighted by Crippen LogP contribution is 2.39. The van der Waals surface area contributed by atoms with Crippen molar-refractivity contribution >= 4 is 16.7 Å². The minimum atomic E-state index is -0.512.